The Bertz CT molecular complexity index is 592. The van der Waals surface area contributed by atoms with Crippen LogP contribution in [0.2, 0.25) is 0 Å². The average Bonchev–Trinajstić information content (AvgIpc) is 2.99. The highest BCUT2D eigenvalue weighted by atomic mass is 16.5. The summed E-state index contributed by atoms with van der Waals surface area (Å²) in [6.45, 7) is 1.95. The van der Waals surface area contributed by atoms with Crippen molar-refractivity contribution in [2.45, 2.75) is 19.4 Å². The van der Waals surface area contributed by atoms with Gasteiger partial charge in [-0.3, -0.25) is 4.79 Å². The molecule has 112 valence electrons. The minimum atomic E-state index is -0.175. The fourth-order valence-corrected chi connectivity index (χ4v) is 2.10. The second-order valence-corrected chi connectivity index (χ2v) is 4.78. The molecule has 1 N–H and O–H groups in total. The van der Waals surface area contributed by atoms with Crippen LogP contribution in [0.5, 0.6) is 11.5 Å². The number of hydrogen-bond acceptors (Lipinski definition) is 4. The number of methoxy groups -OCH3 is 2. The summed E-state index contributed by atoms with van der Waals surface area (Å²) in [5.74, 6) is 0.961. The third-order valence-corrected chi connectivity index (χ3v) is 3.15. The topological polar surface area (TPSA) is 60.7 Å². The average molecular weight is 289 g/mol. The molecule has 0 saturated carbocycles. The molecule has 1 atom stereocenters. The van der Waals surface area contributed by atoms with Crippen molar-refractivity contribution in [1.29, 1.82) is 0 Å². The number of carbonyl (C=O) groups is 1. The van der Waals surface area contributed by atoms with Gasteiger partial charge < -0.3 is 19.2 Å². The molecule has 0 aliphatic heterocycles. The molecule has 1 aromatic carbocycles. The first-order valence-corrected chi connectivity index (χ1v) is 6.68. The van der Waals surface area contributed by atoms with E-state index >= 15 is 0 Å². The highest BCUT2D eigenvalue weighted by molar-refractivity contribution is 5.97. The minimum Gasteiger partial charge on any atom is -0.497 e. The quantitative estimate of drug-likeness (QED) is 0.888. The Kier molecular flexibility index (Phi) is 4.87. The SMILES string of the molecule is COc1ccc(C(=O)NC(C)Cc2ccoc2)c(OC)c1. The van der Waals surface area contributed by atoms with Crippen LogP contribution in [0.4, 0.5) is 0 Å². The molecule has 21 heavy (non-hydrogen) atoms. The first-order valence-electron chi connectivity index (χ1n) is 6.68. The molecule has 0 radical (unpaired) electrons. The van der Waals surface area contributed by atoms with Gasteiger partial charge in [-0.25, -0.2) is 0 Å². The number of hydrogen-bond donors (Lipinski definition) is 1. The summed E-state index contributed by atoms with van der Waals surface area (Å²) in [6, 6.07) is 6.99. The highest BCUT2D eigenvalue weighted by Gasteiger charge is 2.15. The second-order valence-electron chi connectivity index (χ2n) is 4.78. The van der Waals surface area contributed by atoms with Gasteiger partial charge in [0.2, 0.25) is 0 Å². The van der Waals surface area contributed by atoms with Crippen LogP contribution in [0.15, 0.2) is 41.2 Å². The molecule has 1 aromatic heterocycles. The maximum atomic E-state index is 12.3. The van der Waals surface area contributed by atoms with Gasteiger partial charge in [0, 0.05) is 12.1 Å². The summed E-state index contributed by atoms with van der Waals surface area (Å²) in [6.07, 6.45) is 4.01. The van der Waals surface area contributed by atoms with E-state index in [1.165, 1.54) is 7.11 Å². The zero-order valence-corrected chi connectivity index (χ0v) is 12.4. The van der Waals surface area contributed by atoms with Gasteiger partial charge >= 0.3 is 0 Å². The lowest BCUT2D eigenvalue weighted by Crippen LogP contribution is -2.34. The Labute approximate surface area is 123 Å². The molecule has 2 aromatic rings. The van der Waals surface area contributed by atoms with Gasteiger partial charge in [0.05, 0.1) is 32.3 Å². The molecular formula is C16H19NO4. The molecule has 0 aliphatic rings. The monoisotopic (exact) mass is 289 g/mol. The summed E-state index contributed by atoms with van der Waals surface area (Å²) in [5.41, 5.74) is 1.53. The summed E-state index contributed by atoms with van der Waals surface area (Å²) >= 11 is 0. The van der Waals surface area contributed by atoms with Gasteiger partial charge in [-0.1, -0.05) is 0 Å². The molecule has 0 bridgehead atoms. The number of nitrogens with one attached hydrogen (secondary N) is 1. The van der Waals surface area contributed by atoms with E-state index in [1.807, 2.05) is 13.0 Å². The molecule has 2 rings (SSSR count). The van der Waals surface area contributed by atoms with Crippen molar-refractivity contribution in [1.82, 2.24) is 5.32 Å². The molecule has 0 spiro atoms. The van der Waals surface area contributed by atoms with Gasteiger partial charge in [-0.2, -0.15) is 0 Å². The van der Waals surface area contributed by atoms with Crippen molar-refractivity contribution in [3.8, 4) is 11.5 Å². The summed E-state index contributed by atoms with van der Waals surface area (Å²) in [5, 5.41) is 2.95. The van der Waals surface area contributed by atoms with Crippen LogP contribution in [0, 0.1) is 0 Å². The Morgan fingerprint density at radius 2 is 2.10 bits per heavy atom. The van der Waals surface area contributed by atoms with Crippen molar-refractivity contribution in [2.24, 2.45) is 0 Å². The van der Waals surface area contributed by atoms with Crippen molar-refractivity contribution in [3.63, 3.8) is 0 Å². The standard InChI is InChI=1S/C16H19NO4/c1-11(8-12-6-7-21-10-12)17-16(18)14-5-4-13(19-2)9-15(14)20-3/h4-7,9-11H,8H2,1-3H3,(H,17,18). The van der Waals surface area contributed by atoms with Crippen molar-refractivity contribution < 1.29 is 18.7 Å². The summed E-state index contributed by atoms with van der Waals surface area (Å²) < 4.78 is 15.4. The predicted octanol–water partition coefficient (Wildman–Crippen LogP) is 2.66. The molecule has 1 heterocycles. The van der Waals surface area contributed by atoms with E-state index in [0.29, 0.717) is 23.5 Å². The Morgan fingerprint density at radius 1 is 1.29 bits per heavy atom. The minimum absolute atomic E-state index is 0.0121. The van der Waals surface area contributed by atoms with E-state index in [1.54, 1.807) is 37.8 Å². The largest absolute Gasteiger partial charge is 0.497 e. The molecule has 1 unspecified atom stereocenters. The molecular weight excluding hydrogens is 270 g/mol. The van der Waals surface area contributed by atoms with E-state index in [4.69, 9.17) is 13.9 Å². The number of amides is 1. The van der Waals surface area contributed by atoms with Gasteiger partial charge in [-0.05, 0) is 37.1 Å². The zero-order chi connectivity index (χ0) is 15.2. The highest BCUT2D eigenvalue weighted by Crippen LogP contribution is 2.24. The summed E-state index contributed by atoms with van der Waals surface area (Å²) in [4.78, 5) is 12.3. The first-order chi connectivity index (χ1) is 10.1. The molecule has 0 fully saturated rings. The molecule has 0 aliphatic carbocycles. The lowest BCUT2D eigenvalue weighted by molar-refractivity contribution is 0.0937. The van der Waals surface area contributed by atoms with E-state index in [2.05, 4.69) is 5.32 Å². The number of carbonyl (C=O) groups excluding carboxylic acids is 1. The first kappa shape index (κ1) is 15.0. The van der Waals surface area contributed by atoms with Gasteiger partial charge in [0.1, 0.15) is 11.5 Å². The van der Waals surface area contributed by atoms with Gasteiger partial charge in [0.15, 0.2) is 0 Å². The molecule has 1 amide bonds. The fourth-order valence-electron chi connectivity index (χ4n) is 2.10. The third kappa shape index (κ3) is 3.78. The number of ether oxygens (including phenoxy) is 2. The maximum Gasteiger partial charge on any atom is 0.255 e. The molecule has 5 heteroatoms. The summed E-state index contributed by atoms with van der Waals surface area (Å²) in [7, 11) is 3.10. The zero-order valence-electron chi connectivity index (χ0n) is 12.4. The smallest absolute Gasteiger partial charge is 0.255 e. The lowest BCUT2D eigenvalue weighted by Gasteiger charge is -2.15. The number of furan rings is 1. The molecule has 5 nitrogen and oxygen atoms in total. The van der Waals surface area contributed by atoms with Crippen molar-refractivity contribution in [2.75, 3.05) is 14.2 Å². The van der Waals surface area contributed by atoms with Crippen molar-refractivity contribution >= 4 is 5.91 Å². The van der Waals surface area contributed by atoms with Crippen LogP contribution in [-0.4, -0.2) is 26.2 Å². The third-order valence-electron chi connectivity index (χ3n) is 3.15. The van der Waals surface area contributed by atoms with Gasteiger partial charge in [-0.15, -0.1) is 0 Å². The van der Waals surface area contributed by atoms with Crippen LogP contribution in [0.1, 0.15) is 22.8 Å². The fraction of sp³-hybridized carbons (Fsp3) is 0.312. The van der Waals surface area contributed by atoms with E-state index in [0.717, 1.165) is 5.56 Å². The van der Waals surface area contributed by atoms with Crippen molar-refractivity contribution in [3.05, 3.63) is 47.9 Å². The van der Waals surface area contributed by atoms with Crippen LogP contribution in [0.3, 0.4) is 0 Å². The molecule has 0 saturated heterocycles. The normalized spacial score (nSPS) is 11.8. The Morgan fingerprint density at radius 3 is 2.71 bits per heavy atom. The number of rotatable bonds is 6. The van der Waals surface area contributed by atoms with Crippen LogP contribution in [-0.2, 0) is 6.42 Å². The Hall–Kier alpha value is -2.43. The van der Waals surface area contributed by atoms with E-state index in [-0.39, 0.29) is 11.9 Å². The van der Waals surface area contributed by atoms with Crippen LogP contribution in [0.25, 0.3) is 0 Å². The second kappa shape index (κ2) is 6.83. The van der Waals surface area contributed by atoms with Crippen LogP contribution >= 0.6 is 0 Å². The van der Waals surface area contributed by atoms with E-state index < -0.39 is 0 Å². The van der Waals surface area contributed by atoms with E-state index in [9.17, 15) is 4.79 Å². The number of benzene rings is 1. The van der Waals surface area contributed by atoms with Crippen LogP contribution < -0.4 is 14.8 Å². The van der Waals surface area contributed by atoms with Gasteiger partial charge in [0.25, 0.3) is 5.91 Å². The predicted molar refractivity (Wildman–Crippen MR) is 78.9 cm³/mol. The lowest BCUT2D eigenvalue weighted by atomic mass is 10.1. The Balaban J connectivity index is 2.05. The maximum absolute atomic E-state index is 12.3.